The van der Waals surface area contributed by atoms with Crippen molar-refractivity contribution < 1.29 is 23.9 Å². The van der Waals surface area contributed by atoms with Gasteiger partial charge in [-0.25, -0.2) is 64.8 Å². The number of nitriles is 2. The van der Waals surface area contributed by atoms with E-state index in [-0.39, 0.29) is 59.3 Å². The Labute approximate surface area is 734 Å². The van der Waals surface area contributed by atoms with Gasteiger partial charge in [-0.2, -0.15) is 10.5 Å². The number of aromatic nitrogens is 10. The number of guanidine groups is 4. The Balaban J connectivity index is 0.000000118. The van der Waals surface area contributed by atoms with Gasteiger partial charge in [0.15, 0.2) is 35.4 Å². The van der Waals surface area contributed by atoms with E-state index in [9.17, 15) is 24.4 Å². The van der Waals surface area contributed by atoms with Crippen LogP contribution in [0.1, 0.15) is 43.1 Å². The van der Waals surface area contributed by atoms with Crippen LogP contribution in [0, 0.1) is 58.2 Å². The Hall–Kier alpha value is -14.8. The molecule has 125 heavy (non-hydrogen) atoms. The SMILES string of the molecule is CC#Cc1cncc(-c2ccc([C@]34CN(c5ccccn5)C[C@H]3C(=O)N(C)C(N)=N4)s2)c1.CN1C(=O)C2CN(c3ccc(C#N)cn3)C[C@]2(c2cc(-c3cccc(C#N)c3)cs2)N=C1N.CN1C(=O)C2CN(c3ncccn3)C[C@]2(c2cc(-c3cncnc3)cs2)N=C1N.COc1cccnc1N1CC2C(=O)N(C)C(N)=N[C@@]2(c2cc(-c3cncnc3)cs2)C1. The molecule has 0 radical (unpaired) electrons. The molecule has 37 heteroatoms. The highest BCUT2D eigenvalue weighted by molar-refractivity contribution is 7.15. The predicted octanol–water partition coefficient (Wildman–Crippen LogP) is 8.21. The molecular weight excluding hydrogens is 1660 g/mol. The van der Waals surface area contributed by atoms with Crippen LogP contribution in [0.25, 0.3) is 43.8 Å². The number of nitrogens with two attached hydrogens (primary N) is 4. The number of methoxy groups -OCH3 is 1. The highest BCUT2D eigenvalue weighted by atomic mass is 32.1. The maximum Gasteiger partial charge on any atom is 0.236 e. The fraction of sp³-hybridized carbons (Fsp3) is 0.250. The molecule has 8 aliphatic rings. The Bertz CT molecular complexity index is 6430. The highest BCUT2D eigenvalue weighted by Gasteiger charge is 2.61. The molecule has 4 saturated heterocycles. The number of amides is 4. The van der Waals surface area contributed by atoms with Gasteiger partial charge in [-0.1, -0.05) is 24.1 Å². The quantitative estimate of drug-likeness (QED) is 0.0789. The van der Waals surface area contributed by atoms with Crippen LogP contribution in [0.4, 0.5) is 23.4 Å². The molecule has 11 aromatic heterocycles. The third-order valence-corrected chi connectivity index (χ3v) is 28.2. The second kappa shape index (κ2) is 33.9. The van der Waals surface area contributed by atoms with Crippen molar-refractivity contribution in [1.29, 1.82) is 10.5 Å². The number of hydrogen-bond donors (Lipinski definition) is 4. The van der Waals surface area contributed by atoms with E-state index in [1.807, 2.05) is 99.7 Å². The molecule has 19 heterocycles. The monoisotopic (exact) mass is 1740 g/mol. The van der Waals surface area contributed by atoms with Crippen LogP contribution in [0.5, 0.6) is 5.75 Å². The molecule has 8 atom stereocenters. The lowest BCUT2D eigenvalue weighted by Crippen LogP contribution is -2.54. The molecule has 0 bridgehead atoms. The number of carbonyl (C=O) groups excluding carboxylic acids is 4. The number of anilines is 4. The Morgan fingerprint density at radius 2 is 0.880 bits per heavy atom. The summed E-state index contributed by atoms with van der Waals surface area (Å²) in [6.45, 7) is 5.65. The van der Waals surface area contributed by atoms with Crippen LogP contribution in [-0.2, 0) is 41.3 Å². The molecule has 0 aliphatic carbocycles. The van der Waals surface area contributed by atoms with Gasteiger partial charge in [0.1, 0.15) is 52.5 Å². The molecular formula is C88H80N28O5S4. The lowest BCUT2D eigenvalue weighted by molar-refractivity contribution is -0.133. The fourth-order valence-corrected chi connectivity index (χ4v) is 21.5. The largest absolute Gasteiger partial charge is 0.493 e. The summed E-state index contributed by atoms with van der Waals surface area (Å²) in [5.74, 6) is 8.54. The molecule has 12 aromatic rings. The van der Waals surface area contributed by atoms with E-state index >= 15 is 0 Å². The Kier molecular flexibility index (Phi) is 22.3. The molecule has 4 amide bonds. The zero-order chi connectivity index (χ0) is 87.1. The predicted molar refractivity (Wildman–Crippen MR) is 478 cm³/mol. The first-order valence-corrected chi connectivity index (χ1v) is 42.9. The van der Waals surface area contributed by atoms with Crippen LogP contribution < -0.4 is 47.3 Å². The number of pyridine rings is 4. The van der Waals surface area contributed by atoms with Crippen molar-refractivity contribution in [2.45, 2.75) is 29.1 Å². The molecule has 8 N–H and O–H groups in total. The van der Waals surface area contributed by atoms with Gasteiger partial charge in [0.25, 0.3) is 0 Å². The van der Waals surface area contributed by atoms with Gasteiger partial charge < -0.3 is 47.3 Å². The Morgan fingerprint density at radius 3 is 1.38 bits per heavy atom. The first kappa shape index (κ1) is 82.5. The van der Waals surface area contributed by atoms with Gasteiger partial charge >= 0.3 is 0 Å². The Morgan fingerprint density at radius 1 is 0.416 bits per heavy atom. The third-order valence-electron chi connectivity index (χ3n) is 23.6. The number of thiophene rings is 4. The van der Waals surface area contributed by atoms with Gasteiger partial charge in [0.05, 0.1) is 74.2 Å². The number of hydrogen-bond acceptors (Lipinski definition) is 33. The summed E-state index contributed by atoms with van der Waals surface area (Å²) >= 11 is 6.28. The summed E-state index contributed by atoms with van der Waals surface area (Å²) < 4.78 is 5.51. The number of fused-ring (bicyclic) bond motifs is 4. The molecule has 20 rings (SSSR count). The van der Waals surface area contributed by atoms with Crippen molar-refractivity contribution in [2.75, 3.05) is 107 Å². The lowest BCUT2D eigenvalue weighted by Gasteiger charge is -2.36. The maximum atomic E-state index is 13.3. The van der Waals surface area contributed by atoms with Crippen molar-refractivity contribution in [3.05, 3.63) is 242 Å². The normalized spacial score (nSPS) is 22.7. The van der Waals surface area contributed by atoms with E-state index in [2.05, 4.69) is 108 Å². The number of nitrogens with zero attached hydrogens (tertiary/aromatic N) is 24. The van der Waals surface area contributed by atoms with Crippen molar-refractivity contribution in [3.8, 4) is 73.6 Å². The third kappa shape index (κ3) is 15.2. The second-order valence-corrected chi connectivity index (χ2v) is 34.5. The van der Waals surface area contributed by atoms with Crippen LogP contribution >= 0.6 is 45.3 Å². The molecule has 0 saturated carbocycles. The van der Waals surface area contributed by atoms with Crippen LogP contribution in [0.15, 0.2) is 226 Å². The zero-order valence-corrected chi connectivity index (χ0v) is 71.6. The summed E-state index contributed by atoms with van der Waals surface area (Å²) in [5, 5.41) is 24.4. The standard InChI is InChI=1S/C24H19N7OS.C24H22N6OS.C21H21N7O2S.C19H18N8OS/c1-30-22(32)19-12-31(21-6-5-16(10-26)11-28-21)14-24(19,29-23(30)27)20-8-18(13-33-20)17-4-2-3-15(7-17)9-25;1-3-6-16-11-17(13-26-12-16)19-8-9-20(32-19)24-15-30(21-7-4-5-10-27-21)14-18(24)22(31)29(2)23(25)28-24;1-27-19(29)15-9-28(18-16(30-2)4-3-5-25-18)11-21(15,26-20(27)22)17-6-13(10-31-17)14-7-23-12-24-8-14;1-26-16(28)14-8-27(18-23-3-2-4-24-18)10-19(14,25-17(26)20)15-5-12(9-29-15)13-6-21-11-22-7-13/h2-8,11,13,19H,12,14H2,1H3,(H2,27,29);4-5,7-13,18H,14-15H2,1-2H3,(H2,25,28);3-8,10,12,15H,9,11H2,1-2H3,(H2,22,26);2-7,9,11,14H,8,10H2,1H3,(H2,20,25)/t19?,24-;18-,24-;15?,21-;14?,19-/m0000/s1. The molecule has 0 spiro atoms. The van der Waals surface area contributed by atoms with E-state index in [0.717, 1.165) is 74.7 Å². The van der Waals surface area contributed by atoms with E-state index in [1.54, 1.807) is 149 Å². The number of benzene rings is 1. The summed E-state index contributed by atoms with van der Waals surface area (Å²) in [6, 6.07) is 38.7. The first-order chi connectivity index (χ1) is 60.6. The van der Waals surface area contributed by atoms with Gasteiger partial charge in [0, 0.05) is 169 Å². The molecule has 4 fully saturated rings. The average Bonchev–Trinajstić information content (AvgIpc) is 1.59. The fourth-order valence-electron chi connectivity index (χ4n) is 17.1. The zero-order valence-electron chi connectivity index (χ0n) is 68.3. The minimum absolute atomic E-state index is 0.0206. The van der Waals surface area contributed by atoms with Crippen LogP contribution in [0.2, 0.25) is 0 Å². The number of aliphatic imine (C=N–C) groups is 4. The average molecular weight is 1740 g/mol. The molecule has 626 valence electrons. The van der Waals surface area contributed by atoms with Crippen LogP contribution in [0.3, 0.4) is 0 Å². The smallest absolute Gasteiger partial charge is 0.236 e. The number of ether oxygens (including phenoxy) is 1. The minimum Gasteiger partial charge on any atom is -0.493 e. The van der Waals surface area contributed by atoms with Gasteiger partial charge in [-0.05, 0) is 136 Å². The second-order valence-electron chi connectivity index (χ2n) is 30.7. The van der Waals surface area contributed by atoms with Crippen molar-refractivity contribution in [3.63, 3.8) is 0 Å². The summed E-state index contributed by atoms with van der Waals surface area (Å²) in [7, 11) is 8.26. The van der Waals surface area contributed by atoms with Crippen molar-refractivity contribution in [2.24, 2.45) is 66.6 Å². The van der Waals surface area contributed by atoms with Gasteiger partial charge in [0.2, 0.25) is 29.6 Å². The van der Waals surface area contributed by atoms with Gasteiger partial charge in [-0.15, -0.1) is 51.3 Å². The highest BCUT2D eigenvalue weighted by Crippen LogP contribution is 2.53. The minimum atomic E-state index is -0.834. The van der Waals surface area contributed by atoms with E-state index in [4.69, 9.17) is 52.9 Å². The number of rotatable bonds is 13. The molecule has 1 aromatic carbocycles. The lowest BCUT2D eigenvalue weighted by atomic mass is 9.83. The van der Waals surface area contributed by atoms with Crippen LogP contribution in [-0.4, -0.2) is 205 Å². The van der Waals surface area contributed by atoms with Gasteiger partial charge in [-0.3, -0.25) is 43.8 Å². The van der Waals surface area contributed by atoms with E-state index < -0.39 is 34.0 Å². The maximum absolute atomic E-state index is 13.3. The number of carbonyl (C=O) groups is 4. The van der Waals surface area contributed by atoms with E-state index in [0.29, 0.717) is 86.8 Å². The first-order valence-electron chi connectivity index (χ1n) is 39.4. The van der Waals surface area contributed by atoms with E-state index in [1.165, 1.54) is 49.8 Å². The van der Waals surface area contributed by atoms with Crippen molar-refractivity contribution in [1.82, 2.24) is 69.4 Å². The summed E-state index contributed by atoms with van der Waals surface area (Å²) in [6.07, 6.45) is 22.1. The molecule has 3 unspecified atom stereocenters. The molecule has 8 aliphatic heterocycles. The summed E-state index contributed by atoms with van der Waals surface area (Å²) in [4.78, 5) is 134. The summed E-state index contributed by atoms with van der Waals surface area (Å²) in [5.41, 5.74) is 30.2. The molecule has 33 nitrogen and oxygen atoms in total. The topological polar surface area (TPSA) is 433 Å². The van der Waals surface area contributed by atoms with Crippen molar-refractivity contribution >= 4 is 116 Å².